The molecule has 0 aliphatic carbocycles. The molecule has 0 aromatic heterocycles. The van der Waals surface area contributed by atoms with Crippen LogP contribution in [0.2, 0.25) is 0 Å². The molecule has 0 fully saturated rings. The number of phosphoric ester groups is 1. The number of quaternary nitrogens is 1. The van der Waals surface area contributed by atoms with Crippen molar-refractivity contribution in [3.63, 3.8) is 0 Å². The number of ether oxygens (including phenoxy) is 1. The van der Waals surface area contributed by atoms with Crippen LogP contribution >= 0.6 is 7.82 Å². The Labute approximate surface area is 470 Å². The highest BCUT2D eigenvalue weighted by molar-refractivity contribution is 7.45. The lowest BCUT2D eigenvalue weighted by atomic mass is 10.0. The summed E-state index contributed by atoms with van der Waals surface area (Å²) in [6, 6.07) is -0.897. The molecule has 0 aliphatic rings. The van der Waals surface area contributed by atoms with Crippen LogP contribution in [0.4, 0.5) is 0 Å². The number of allylic oxidation sites excluding steroid dienone is 11. The SMILES string of the molecule is CC/C=C\C/C=C\C/C=C\C/C=C\C/C=C\CCCCCCCC(=O)OC(/C=C/CCCCCCCCCCCC)C(COP(=O)([O-])OCC[N+](C)(C)C)NC(=O)CCCCCCCCCCCCCCCCCCC. The predicted molar refractivity (Wildman–Crippen MR) is 325 cm³/mol. The van der Waals surface area contributed by atoms with Crippen molar-refractivity contribution in [2.75, 3.05) is 40.9 Å². The van der Waals surface area contributed by atoms with Crippen molar-refractivity contribution < 1.29 is 37.3 Å². The fraction of sp³-hybridized carbons (Fsp3) is 0.788. The summed E-state index contributed by atoms with van der Waals surface area (Å²) in [7, 11) is 1.17. The highest BCUT2D eigenvalue weighted by atomic mass is 31.2. The first-order valence-electron chi connectivity index (χ1n) is 31.7. The topological polar surface area (TPSA) is 114 Å². The molecular weight excluding hydrogens is 964 g/mol. The van der Waals surface area contributed by atoms with Crippen molar-refractivity contribution in [2.45, 2.75) is 296 Å². The first-order chi connectivity index (χ1) is 36.9. The summed E-state index contributed by atoms with van der Waals surface area (Å²) in [6.45, 7) is 6.74. The summed E-state index contributed by atoms with van der Waals surface area (Å²) in [4.78, 5) is 40.0. The second kappa shape index (κ2) is 55.8. The number of amides is 1. The second-order valence-corrected chi connectivity index (χ2v) is 23.9. The van der Waals surface area contributed by atoms with Gasteiger partial charge in [0.2, 0.25) is 5.91 Å². The zero-order chi connectivity index (χ0) is 55.7. The minimum Gasteiger partial charge on any atom is -0.756 e. The van der Waals surface area contributed by atoms with Crippen LogP contribution in [-0.2, 0) is 27.9 Å². The molecule has 1 amide bonds. The molecule has 0 saturated heterocycles. The number of carbonyl (C=O) groups excluding carboxylic acids is 2. The number of likely N-dealkylation sites (N-methyl/N-ethyl adjacent to an activating group) is 1. The van der Waals surface area contributed by atoms with Gasteiger partial charge in [-0.15, -0.1) is 0 Å². The Morgan fingerprint density at radius 3 is 1.26 bits per heavy atom. The van der Waals surface area contributed by atoms with E-state index < -0.39 is 26.6 Å². The normalized spacial score (nSPS) is 14.1. The molecule has 0 bridgehead atoms. The van der Waals surface area contributed by atoms with Crippen LogP contribution in [0.15, 0.2) is 72.9 Å². The monoisotopic (exact) mass is 1080 g/mol. The molecule has 0 saturated carbocycles. The van der Waals surface area contributed by atoms with Gasteiger partial charge in [-0.3, -0.25) is 14.2 Å². The van der Waals surface area contributed by atoms with E-state index in [1.807, 2.05) is 33.3 Å². The van der Waals surface area contributed by atoms with Gasteiger partial charge in [-0.05, 0) is 76.7 Å². The number of unbranched alkanes of at least 4 members (excludes halogenated alkanes) is 31. The van der Waals surface area contributed by atoms with Gasteiger partial charge in [-0.2, -0.15) is 0 Å². The molecule has 3 unspecified atom stereocenters. The second-order valence-electron chi connectivity index (χ2n) is 22.5. The van der Waals surface area contributed by atoms with Crippen LogP contribution in [0.3, 0.4) is 0 Å². The van der Waals surface area contributed by atoms with Crippen molar-refractivity contribution in [3.8, 4) is 0 Å². The summed E-state index contributed by atoms with van der Waals surface area (Å²) in [5.74, 6) is -0.556. The average Bonchev–Trinajstić information content (AvgIpc) is 3.38. The highest BCUT2D eigenvalue weighted by Crippen LogP contribution is 2.38. The quantitative estimate of drug-likeness (QED) is 0.0212. The van der Waals surface area contributed by atoms with Crippen LogP contribution in [0.25, 0.3) is 0 Å². The number of hydrogen-bond donors (Lipinski definition) is 1. The van der Waals surface area contributed by atoms with Gasteiger partial charge in [0.15, 0.2) is 0 Å². The Balaban J connectivity index is 5.26. The van der Waals surface area contributed by atoms with E-state index in [9.17, 15) is 19.0 Å². The zero-order valence-corrected chi connectivity index (χ0v) is 51.3. The maximum absolute atomic E-state index is 13.5. The standard InChI is InChI=1S/C66H121N2O7P/c1-7-10-13-16-19-22-25-28-30-32-33-34-35-37-39-41-44-47-50-53-56-59-66(70)75-64(57-54-51-48-45-42-27-24-21-18-15-12-9-3)63(62-74-76(71,72)73-61-60-68(4,5)6)67-65(69)58-55-52-49-46-43-40-38-36-31-29-26-23-20-17-14-11-8-2/h10,13,19,22,28,30,33-34,37,39,54,57,63-64H,7-9,11-12,14-18,20-21,23-27,29,31-32,35-36,38,40-53,55-56,58-62H2,1-6H3,(H-,67,69,71,72)/b13-10-,22-19-,30-28-,34-33-,39-37-,57-54+. The minimum absolute atomic E-state index is 0.0266. The number of carbonyl (C=O) groups is 2. The van der Waals surface area contributed by atoms with Crippen molar-refractivity contribution >= 4 is 19.7 Å². The molecule has 1 N–H and O–H groups in total. The summed E-state index contributed by atoms with van der Waals surface area (Å²) in [6.07, 6.45) is 71.5. The molecule has 0 heterocycles. The molecule has 0 aromatic rings. The van der Waals surface area contributed by atoms with E-state index in [2.05, 4.69) is 86.8 Å². The van der Waals surface area contributed by atoms with Crippen LogP contribution in [-0.4, -0.2) is 69.4 Å². The van der Waals surface area contributed by atoms with Gasteiger partial charge in [-0.1, -0.05) is 267 Å². The van der Waals surface area contributed by atoms with Gasteiger partial charge in [0.1, 0.15) is 19.3 Å². The Bertz CT molecular complexity index is 1530. The molecule has 0 rings (SSSR count). The number of esters is 1. The molecule has 0 radical (unpaired) electrons. The third-order valence-electron chi connectivity index (χ3n) is 13.9. The van der Waals surface area contributed by atoms with E-state index >= 15 is 0 Å². The van der Waals surface area contributed by atoms with E-state index in [1.165, 1.54) is 141 Å². The molecule has 0 spiro atoms. The predicted octanol–water partition coefficient (Wildman–Crippen LogP) is 19.0. The Morgan fingerprint density at radius 1 is 0.474 bits per heavy atom. The molecule has 0 aromatic carbocycles. The van der Waals surface area contributed by atoms with Gasteiger partial charge in [0.05, 0.1) is 33.8 Å². The summed E-state index contributed by atoms with van der Waals surface area (Å²) in [5.41, 5.74) is 0. The lowest BCUT2D eigenvalue weighted by Crippen LogP contribution is -2.47. The lowest BCUT2D eigenvalue weighted by Gasteiger charge is -2.30. The Hall–Kier alpha value is -2.55. The first-order valence-corrected chi connectivity index (χ1v) is 33.2. The summed E-state index contributed by atoms with van der Waals surface area (Å²) < 4.78 is 30.3. The minimum atomic E-state index is -4.70. The largest absolute Gasteiger partial charge is 0.756 e. The fourth-order valence-corrected chi connectivity index (χ4v) is 9.74. The van der Waals surface area contributed by atoms with Gasteiger partial charge >= 0.3 is 5.97 Å². The number of hydrogen-bond acceptors (Lipinski definition) is 7. The van der Waals surface area contributed by atoms with E-state index in [4.69, 9.17) is 13.8 Å². The molecule has 76 heavy (non-hydrogen) atoms. The smallest absolute Gasteiger partial charge is 0.306 e. The number of nitrogens with zero attached hydrogens (tertiary/aromatic N) is 1. The summed E-state index contributed by atoms with van der Waals surface area (Å²) in [5, 5.41) is 3.03. The van der Waals surface area contributed by atoms with Crippen molar-refractivity contribution in [1.29, 1.82) is 0 Å². The third kappa shape index (κ3) is 56.2. The first kappa shape index (κ1) is 73.5. The molecule has 10 heteroatoms. The highest BCUT2D eigenvalue weighted by Gasteiger charge is 2.27. The maximum atomic E-state index is 13.5. The third-order valence-corrected chi connectivity index (χ3v) is 14.9. The van der Waals surface area contributed by atoms with Gasteiger partial charge < -0.3 is 28.5 Å². The van der Waals surface area contributed by atoms with E-state index in [-0.39, 0.29) is 24.9 Å². The maximum Gasteiger partial charge on any atom is 0.306 e. The van der Waals surface area contributed by atoms with Crippen LogP contribution < -0.4 is 10.2 Å². The van der Waals surface area contributed by atoms with Gasteiger partial charge in [0.25, 0.3) is 7.82 Å². The van der Waals surface area contributed by atoms with Crippen LogP contribution in [0, 0.1) is 0 Å². The van der Waals surface area contributed by atoms with Crippen molar-refractivity contribution in [2.24, 2.45) is 0 Å². The van der Waals surface area contributed by atoms with Crippen molar-refractivity contribution in [1.82, 2.24) is 5.32 Å². The Kier molecular flexibility index (Phi) is 53.9. The number of rotatable bonds is 57. The van der Waals surface area contributed by atoms with Crippen LogP contribution in [0.5, 0.6) is 0 Å². The van der Waals surface area contributed by atoms with E-state index in [1.54, 1.807) is 0 Å². The number of nitrogens with one attached hydrogen (secondary N) is 1. The fourth-order valence-electron chi connectivity index (χ4n) is 9.02. The van der Waals surface area contributed by atoms with Gasteiger partial charge in [0, 0.05) is 12.8 Å². The molecule has 3 atom stereocenters. The number of phosphoric acid groups is 1. The lowest BCUT2D eigenvalue weighted by molar-refractivity contribution is -0.870. The van der Waals surface area contributed by atoms with E-state index in [0.29, 0.717) is 23.9 Å². The van der Waals surface area contributed by atoms with E-state index in [0.717, 1.165) is 103 Å². The van der Waals surface area contributed by atoms with Crippen LogP contribution in [0.1, 0.15) is 284 Å². The molecule has 0 aliphatic heterocycles. The van der Waals surface area contributed by atoms with Crippen molar-refractivity contribution in [3.05, 3.63) is 72.9 Å². The molecular formula is C66H121N2O7P. The molecule has 442 valence electrons. The summed E-state index contributed by atoms with van der Waals surface area (Å²) >= 11 is 0. The Morgan fingerprint density at radius 2 is 0.842 bits per heavy atom. The van der Waals surface area contributed by atoms with Gasteiger partial charge in [-0.25, -0.2) is 0 Å². The average molecular weight is 1090 g/mol. The zero-order valence-electron chi connectivity index (χ0n) is 50.4. The molecule has 9 nitrogen and oxygen atoms in total.